The van der Waals surface area contributed by atoms with E-state index >= 15 is 0 Å². The molecule has 0 heterocycles. The lowest BCUT2D eigenvalue weighted by molar-refractivity contribution is -0.149. The second kappa shape index (κ2) is 10.4. The highest BCUT2D eigenvalue weighted by atomic mass is 16.6. The number of aryl methyl sites for hydroxylation is 3. The first kappa shape index (κ1) is 22.1. The van der Waals surface area contributed by atoms with Gasteiger partial charge < -0.3 is 14.8 Å². The van der Waals surface area contributed by atoms with Crippen LogP contribution >= 0.6 is 0 Å². The standard InChI is InChI=1S/C26H27NO4/c1-18-13-19(2)26(20(3)14-18)27-24(28)16-31-25(29)17-30-23-12-8-7-11-22(23)15-21-9-5-4-6-10-21/h4-14H,15-17H2,1-3H3,(H,27,28). The van der Waals surface area contributed by atoms with Crippen LogP contribution in [0.15, 0.2) is 66.7 Å². The Balaban J connectivity index is 1.50. The Morgan fingerprint density at radius 2 is 1.48 bits per heavy atom. The summed E-state index contributed by atoms with van der Waals surface area (Å²) in [6, 6.07) is 21.6. The van der Waals surface area contributed by atoms with Gasteiger partial charge in [-0.1, -0.05) is 66.2 Å². The third-order valence-corrected chi connectivity index (χ3v) is 4.86. The molecule has 3 aromatic rings. The molecule has 0 bridgehead atoms. The van der Waals surface area contributed by atoms with Gasteiger partial charge in [-0.15, -0.1) is 0 Å². The predicted molar refractivity (Wildman–Crippen MR) is 121 cm³/mol. The summed E-state index contributed by atoms with van der Waals surface area (Å²) >= 11 is 0. The Labute approximate surface area is 183 Å². The number of benzene rings is 3. The van der Waals surface area contributed by atoms with Crippen LogP contribution in [0.2, 0.25) is 0 Å². The van der Waals surface area contributed by atoms with E-state index in [1.54, 1.807) is 0 Å². The molecule has 3 rings (SSSR count). The predicted octanol–water partition coefficient (Wildman–Crippen LogP) is 4.76. The molecule has 0 aromatic heterocycles. The molecule has 31 heavy (non-hydrogen) atoms. The topological polar surface area (TPSA) is 64.6 Å². The molecule has 0 aliphatic rings. The van der Waals surface area contributed by atoms with Crippen LogP contribution in [-0.4, -0.2) is 25.1 Å². The van der Waals surface area contributed by atoms with Gasteiger partial charge in [0.15, 0.2) is 13.2 Å². The van der Waals surface area contributed by atoms with Crippen LogP contribution in [-0.2, 0) is 20.7 Å². The molecule has 0 atom stereocenters. The number of para-hydroxylation sites is 1. The van der Waals surface area contributed by atoms with Gasteiger partial charge in [0.05, 0.1) is 0 Å². The van der Waals surface area contributed by atoms with Crippen molar-refractivity contribution >= 4 is 17.6 Å². The van der Waals surface area contributed by atoms with E-state index in [4.69, 9.17) is 9.47 Å². The molecule has 0 aliphatic heterocycles. The third-order valence-electron chi connectivity index (χ3n) is 4.86. The van der Waals surface area contributed by atoms with E-state index in [9.17, 15) is 9.59 Å². The summed E-state index contributed by atoms with van der Waals surface area (Å²) < 4.78 is 10.8. The molecule has 0 saturated heterocycles. The molecule has 160 valence electrons. The average Bonchev–Trinajstić information content (AvgIpc) is 2.75. The molecule has 0 unspecified atom stereocenters. The smallest absolute Gasteiger partial charge is 0.344 e. The molecule has 1 N–H and O–H groups in total. The highest BCUT2D eigenvalue weighted by molar-refractivity contribution is 5.94. The van der Waals surface area contributed by atoms with Crippen LogP contribution in [0.3, 0.4) is 0 Å². The van der Waals surface area contributed by atoms with Crippen molar-refractivity contribution in [3.63, 3.8) is 0 Å². The van der Waals surface area contributed by atoms with Gasteiger partial charge in [-0.3, -0.25) is 4.79 Å². The summed E-state index contributed by atoms with van der Waals surface area (Å²) in [7, 11) is 0. The molecule has 3 aromatic carbocycles. The lowest BCUT2D eigenvalue weighted by Gasteiger charge is -2.13. The minimum Gasteiger partial charge on any atom is -0.482 e. The quantitative estimate of drug-likeness (QED) is 0.537. The molecule has 0 radical (unpaired) electrons. The number of hydrogen-bond donors (Lipinski definition) is 1. The zero-order valence-electron chi connectivity index (χ0n) is 18.1. The minimum atomic E-state index is -0.595. The summed E-state index contributed by atoms with van der Waals surface area (Å²) in [5.41, 5.74) is 5.94. The number of rotatable bonds is 8. The summed E-state index contributed by atoms with van der Waals surface area (Å²) in [5.74, 6) is -0.353. The van der Waals surface area contributed by atoms with E-state index in [2.05, 4.69) is 5.32 Å². The summed E-state index contributed by atoms with van der Waals surface area (Å²) in [5, 5.41) is 2.81. The number of nitrogens with one attached hydrogen (secondary N) is 1. The summed E-state index contributed by atoms with van der Waals surface area (Å²) in [6.07, 6.45) is 0.698. The van der Waals surface area contributed by atoms with E-state index in [0.29, 0.717) is 12.2 Å². The number of ether oxygens (including phenoxy) is 2. The SMILES string of the molecule is Cc1cc(C)c(NC(=O)COC(=O)COc2ccccc2Cc2ccccc2)c(C)c1. The first-order chi connectivity index (χ1) is 14.9. The number of hydrogen-bond acceptors (Lipinski definition) is 4. The van der Waals surface area contributed by atoms with Gasteiger partial charge in [0.25, 0.3) is 5.91 Å². The Morgan fingerprint density at radius 3 is 2.19 bits per heavy atom. The maximum absolute atomic E-state index is 12.2. The van der Waals surface area contributed by atoms with Crippen molar-refractivity contribution in [2.24, 2.45) is 0 Å². The monoisotopic (exact) mass is 417 g/mol. The average molecular weight is 418 g/mol. The van der Waals surface area contributed by atoms with Crippen molar-refractivity contribution in [2.45, 2.75) is 27.2 Å². The van der Waals surface area contributed by atoms with E-state index in [1.807, 2.05) is 87.5 Å². The van der Waals surface area contributed by atoms with Gasteiger partial charge in [0.1, 0.15) is 5.75 Å². The van der Waals surface area contributed by atoms with E-state index < -0.39 is 5.97 Å². The minimum absolute atomic E-state index is 0.262. The Hall–Kier alpha value is -3.60. The van der Waals surface area contributed by atoms with Gasteiger partial charge >= 0.3 is 5.97 Å². The van der Waals surface area contributed by atoms with Crippen molar-refractivity contribution in [3.8, 4) is 5.75 Å². The zero-order valence-corrected chi connectivity index (χ0v) is 18.1. The van der Waals surface area contributed by atoms with Gasteiger partial charge in [-0.05, 0) is 49.1 Å². The lowest BCUT2D eigenvalue weighted by atomic mass is 10.0. The van der Waals surface area contributed by atoms with Crippen LogP contribution in [0, 0.1) is 20.8 Å². The molecule has 0 fully saturated rings. The summed E-state index contributed by atoms with van der Waals surface area (Å²) in [4.78, 5) is 24.3. The fraction of sp³-hybridized carbons (Fsp3) is 0.231. The van der Waals surface area contributed by atoms with Crippen LogP contribution in [0.1, 0.15) is 27.8 Å². The van der Waals surface area contributed by atoms with Crippen molar-refractivity contribution in [2.75, 3.05) is 18.5 Å². The number of carbonyl (C=O) groups excluding carboxylic acids is 2. The molecule has 0 aliphatic carbocycles. The van der Waals surface area contributed by atoms with Gasteiger partial charge in [-0.2, -0.15) is 0 Å². The summed E-state index contributed by atoms with van der Waals surface area (Å²) in [6.45, 7) is 5.25. The van der Waals surface area contributed by atoms with Crippen molar-refractivity contribution in [1.82, 2.24) is 0 Å². The maximum atomic E-state index is 12.2. The van der Waals surface area contributed by atoms with Crippen LogP contribution in [0.25, 0.3) is 0 Å². The van der Waals surface area contributed by atoms with Crippen LogP contribution in [0.5, 0.6) is 5.75 Å². The molecule has 0 saturated carbocycles. The number of esters is 1. The molecular formula is C26H27NO4. The first-order valence-corrected chi connectivity index (χ1v) is 10.2. The first-order valence-electron chi connectivity index (χ1n) is 10.2. The highest BCUT2D eigenvalue weighted by Crippen LogP contribution is 2.22. The molecular weight excluding hydrogens is 390 g/mol. The highest BCUT2D eigenvalue weighted by Gasteiger charge is 2.13. The van der Waals surface area contributed by atoms with Gasteiger partial charge in [-0.25, -0.2) is 4.79 Å². The second-order valence-electron chi connectivity index (χ2n) is 7.54. The lowest BCUT2D eigenvalue weighted by Crippen LogP contribution is -2.24. The third kappa shape index (κ3) is 6.44. The zero-order chi connectivity index (χ0) is 22.2. The molecule has 0 spiro atoms. The Kier molecular flexibility index (Phi) is 7.44. The van der Waals surface area contributed by atoms with E-state index in [1.165, 1.54) is 0 Å². The number of carbonyl (C=O) groups is 2. The van der Waals surface area contributed by atoms with Crippen molar-refractivity contribution < 1.29 is 19.1 Å². The van der Waals surface area contributed by atoms with Crippen molar-refractivity contribution in [3.05, 3.63) is 94.5 Å². The molecule has 5 heteroatoms. The van der Waals surface area contributed by atoms with Gasteiger partial charge in [0, 0.05) is 12.1 Å². The number of amides is 1. The van der Waals surface area contributed by atoms with Crippen molar-refractivity contribution in [1.29, 1.82) is 0 Å². The fourth-order valence-corrected chi connectivity index (χ4v) is 3.48. The second-order valence-corrected chi connectivity index (χ2v) is 7.54. The van der Waals surface area contributed by atoms with E-state index in [0.717, 1.165) is 33.5 Å². The normalized spacial score (nSPS) is 10.4. The Bertz CT molecular complexity index is 1040. The Morgan fingerprint density at radius 1 is 0.839 bits per heavy atom. The van der Waals surface area contributed by atoms with Crippen LogP contribution in [0.4, 0.5) is 5.69 Å². The largest absolute Gasteiger partial charge is 0.482 e. The number of anilines is 1. The van der Waals surface area contributed by atoms with E-state index in [-0.39, 0.29) is 19.1 Å². The maximum Gasteiger partial charge on any atom is 0.344 e. The molecule has 1 amide bonds. The van der Waals surface area contributed by atoms with Crippen LogP contribution < -0.4 is 10.1 Å². The fourth-order valence-electron chi connectivity index (χ4n) is 3.48. The van der Waals surface area contributed by atoms with Gasteiger partial charge in [0.2, 0.25) is 0 Å². The molecule has 5 nitrogen and oxygen atoms in total.